The number of benzene rings is 2. The van der Waals surface area contributed by atoms with Crippen molar-refractivity contribution in [3.05, 3.63) is 65.5 Å². The summed E-state index contributed by atoms with van der Waals surface area (Å²) in [5, 5.41) is 8.93. The van der Waals surface area contributed by atoms with Crippen molar-refractivity contribution in [2.24, 2.45) is 5.92 Å². The van der Waals surface area contributed by atoms with Crippen LogP contribution >= 0.6 is 0 Å². The lowest BCUT2D eigenvalue weighted by Crippen LogP contribution is -2.59. The van der Waals surface area contributed by atoms with Crippen LogP contribution in [0.15, 0.2) is 48.5 Å². The predicted octanol–water partition coefficient (Wildman–Crippen LogP) is 3.99. The lowest BCUT2D eigenvalue weighted by atomic mass is 9.68. The second kappa shape index (κ2) is 7.93. The number of amides is 2. The summed E-state index contributed by atoms with van der Waals surface area (Å²) in [5.74, 6) is -1.94. The summed E-state index contributed by atoms with van der Waals surface area (Å²) in [5.41, 5.74) is 1.81. The van der Waals surface area contributed by atoms with Crippen LogP contribution < -0.4 is 4.90 Å². The fourth-order valence-electron chi connectivity index (χ4n) is 4.98. The number of ether oxygens (including phenoxy) is 1. The number of anilines is 1. The van der Waals surface area contributed by atoms with Crippen molar-refractivity contribution in [1.29, 1.82) is 0 Å². The fourth-order valence-corrected chi connectivity index (χ4v) is 4.98. The smallest absolute Gasteiger partial charge is 0.411 e. The molecule has 32 heavy (non-hydrogen) atoms. The molecule has 5 rings (SSSR count). The van der Waals surface area contributed by atoms with E-state index >= 15 is 0 Å². The van der Waals surface area contributed by atoms with Crippen LogP contribution in [-0.4, -0.2) is 46.7 Å². The Morgan fingerprint density at radius 1 is 1.06 bits per heavy atom. The van der Waals surface area contributed by atoms with Gasteiger partial charge in [-0.1, -0.05) is 24.3 Å². The number of fused-ring (bicyclic) bond motifs is 2. The second-order valence-electron chi connectivity index (χ2n) is 8.58. The molecule has 2 aromatic rings. The highest BCUT2D eigenvalue weighted by molar-refractivity contribution is 6.07. The van der Waals surface area contributed by atoms with Crippen LogP contribution in [0.25, 0.3) is 0 Å². The molecule has 2 amide bonds. The number of halogens is 1. The molecule has 0 spiro atoms. The molecule has 3 atom stereocenters. The zero-order valence-corrected chi connectivity index (χ0v) is 17.3. The van der Waals surface area contributed by atoms with E-state index in [0.29, 0.717) is 5.69 Å². The van der Waals surface area contributed by atoms with Crippen LogP contribution in [0.3, 0.4) is 0 Å². The summed E-state index contributed by atoms with van der Waals surface area (Å²) in [7, 11) is 0. The number of carbonyl (C=O) groups excluding carboxylic acids is 2. The third kappa shape index (κ3) is 3.49. The Bertz CT molecular complexity index is 1090. The summed E-state index contributed by atoms with van der Waals surface area (Å²) in [6, 6.07) is 12.7. The van der Waals surface area contributed by atoms with E-state index in [1.54, 1.807) is 15.9 Å². The molecule has 1 N–H and O–H groups in total. The van der Waals surface area contributed by atoms with Crippen LogP contribution in [0, 0.1) is 11.7 Å². The molecule has 166 valence electrons. The molecule has 8 heteroatoms. The molecule has 3 unspecified atom stereocenters. The molecule has 1 heterocycles. The Balaban J connectivity index is 1.53. The lowest BCUT2D eigenvalue weighted by Gasteiger charge is -2.55. The molecule has 1 aliphatic heterocycles. The SMILES string of the molecule is O=C(O)COC(=O)N(C1CC1)C1c2ccccc2N(C(=O)c2cccc(F)c2)C2CCC21. The molecule has 7 nitrogen and oxygen atoms in total. The Labute approximate surface area is 184 Å². The minimum atomic E-state index is -1.20. The van der Waals surface area contributed by atoms with Crippen LogP contribution in [0.2, 0.25) is 0 Å². The van der Waals surface area contributed by atoms with Gasteiger partial charge in [0.05, 0.1) is 6.04 Å². The maximum atomic E-state index is 13.8. The highest BCUT2D eigenvalue weighted by atomic mass is 19.1. The van der Waals surface area contributed by atoms with Gasteiger partial charge in [-0.25, -0.2) is 14.0 Å². The van der Waals surface area contributed by atoms with Gasteiger partial charge in [0.25, 0.3) is 5.91 Å². The number of carbonyl (C=O) groups is 3. The molecule has 2 aliphatic carbocycles. The van der Waals surface area contributed by atoms with Gasteiger partial charge in [-0.05, 0) is 55.5 Å². The lowest BCUT2D eigenvalue weighted by molar-refractivity contribution is -0.140. The first-order valence-corrected chi connectivity index (χ1v) is 10.8. The quantitative estimate of drug-likeness (QED) is 0.763. The monoisotopic (exact) mass is 438 g/mol. The molecular formula is C24H23FN2O5. The number of carboxylic acid groups (broad SMARTS) is 1. The Kier molecular flexibility index (Phi) is 5.07. The van der Waals surface area contributed by atoms with E-state index in [1.807, 2.05) is 24.3 Å². The summed E-state index contributed by atoms with van der Waals surface area (Å²) in [6.45, 7) is -0.686. The number of rotatable bonds is 5. The van der Waals surface area contributed by atoms with Crippen LogP contribution in [0.1, 0.15) is 47.6 Å². The number of aliphatic carboxylic acids is 1. The van der Waals surface area contributed by atoms with Crippen LogP contribution in [-0.2, 0) is 9.53 Å². The summed E-state index contributed by atoms with van der Waals surface area (Å²) >= 11 is 0. The molecular weight excluding hydrogens is 415 g/mol. The Morgan fingerprint density at radius 3 is 2.50 bits per heavy atom. The minimum absolute atomic E-state index is 0.000359. The van der Waals surface area contributed by atoms with Gasteiger partial charge in [0.1, 0.15) is 5.82 Å². The number of hydrogen-bond donors (Lipinski definition) is 1. The van der Waals surface area contributed by atoms with E-state index < -0.39 is 24.5 Å². The summed E-state index contributed by atoms with van der Waals surface area (Å²) in [4.78, 5) is 40.7. The van der Waals surface area contributed by atoms with Crippen molar-refractivity contribution in [2.45, 2.75) is 43.8 Å². The highest BCUT2D eigenvalue weighted by Crippen LogP contribution is 2.54. The van der Waals surface area contributed by atoms with Crippen molar-refractivity contribution in [3.63, 3.8) is 0 Å². The molecule has 0 radical (unpaired) electrons. The van der Waals surface area contributed by atoms with Crippen molar-refractivity contribution >= 4 is 23.7 Å². The zero-order valence-electron chi connectivity index (χ0n) is 17.3. The van der Waals surface area contributed by atoms with Crippen molar-refractivity contribution in [1.82, 2.24) is 4.90 Å². The van der Waals surface area contributed by atoms with E-state index in [2.05, 4.69) is 0 Å². The topological polar surface area (TPSA) is 87.2 Å². The normalized spacial score (nSPS) is 23.4. The Morgan fingerprint density at radius 2 is 1.84 bits per heavy atom. The summed E-state index contributed by atoms with van der Waals surface area (Å²) < 4.78 is 18.9. The molecule has 2 aromatic carbocycles. The van der Waals surface area contributed by atoms with Crippen molar-refractivity contribution in [2.75, 3.05) is 11.5 Å². The van der Waals surface area contributed by atoms with Gasteiger partial charge in [-0.2, -0.15) is 0 Å². The highest BCUT2D eigenvalue weighted by Gasteiger charge is 2.54. The van der Waals surface area contributed by atoms with Gasteiger partial charge < -0.3 is 14.7 Å². The molecule has 2 saturated carbocycles. The average Bonchev–Trinajstić information content (AvgIpc) is 3.58. The fraction of sp³-hybridized carbons (Fsp3) is 0.375. The first-order chi connectivity index (χ1) is 15.5. The number of para-hydroxylation sites is 1. The van der Waals surface area contributed by atoms with Crippen molar-refractivity contribution < 1.29 is 28.6 Å². The number of nitrogens with zero attached hydrogens (tertiary/aromatic N) is 2. The summed E-state index contributed by atoms with van der Waals surface area (Å²) in [6.07, 6.45) is 2.64. The van der Waals surface area contributed by atoms with Gasteiger partial charge in [-0.15, -0.1) is 0 Å². The van der Waals surface area contributed by atoms with E-state index in [0.717, 1.165) is 31.2 Å². The third-order valence-corrected chi connectivity index (χ3v) is 6.60. The van der Waals surface area contributed by atoms with E-state index in [1.165, 1.54) is 18.2 Å². The minimum Gasteiger partial charge on any atom is -0.479 e. The molecule has 0 saturated heterocycles. The van der Waals surface area contributed by atoms with Crippen molar-refractivity contribution in [3.8, 4) is 0 Å². The first-order valence-electron chi connectivity index (χ1n) is 10.8. The van der Waals surface area contributed by atoms with E-state index in [9.17, 15) is 18.8 Å². The van der Waals surface area contributed by atoms with Crippen LogP contribution in [0.4, 0.5) is 14.9 Å². The standard InChI is InChI=1S/C24H23FN2O5/c25-15-5-3-4-14(12-15)23(30)27-19-7-2-1-6-17(19)22(18-10-11-20(18)27)26(16-8-9-16)24(31)32-13-21(28)29/h1-7,12,16,18,20,22H,8-11,13H2,(H,28,29). The van der Waals surface area contributed by atoms with Gasteiger partial charge in [0, 0.05) is 29.3 Å². The van der Waals surface area contributed by atoms with Gasteiger partial charge in [-0.3, -0.25) is 9.69 Å². The van der Waals surface area contributed by atoms with Gasteiger partial charge in [0.15, 0.2) is 6.61 Å². The second-order valence-corrected chi connectivity index (χ2v) is 8.58. The number of hydrogen-bond acceptors (Lipinski definition) is 4. The maximum Gasteiger partial charge on any atom is 0.411 e. The van der Waals surface area contributed by atoms with E-state index in [-0.39, 0.29) is 35.5 Å². The largest absolute Gasteiger partial charge is 0.479 e. The van der Waals surface area contributed by atoms with Gasteiger partial charge >= 0.3 is 12.1 Å². The third-order valence-electron chi connectivity index (χ3n) is 6.60. The van der Waals surface area contributed by atoms with Crippen LogP contribution in [0.5, 0.6) is 0 Å². The number of carboxylic acids is 1. The molecule has 2 fully saturated rings. The van der Waals surface area contributed by atoms with E-state index in [4.69, 9.17) is 9.84 Å². The first kappa shape index (κ1) is 20.5. The zero-order chi connectivity index (χ0) is 22.4. The molecule has 0 aromatic heterocycles. The predicted molar refractivity (Wildman–Crippen MR) is 113 cm³/mol. The molecule has 0 bridgehead atoms. The average molecular weight is 438 g/mol. The Hall–Kier alpha value is -3.42. The molecule has 3 aliphatic rings. The van der Waals surface area contributed by atoms with Gasteiger partial charge in [0.2, 0.25) is 0 Å². The maximum absolute atomic E-state index is 13.8.